The van der Waals surface area contributed by atoms with E-state index < -0.39 is 0 Å². The van der Waals surface area contributed by atoms with E-state index in [1.165, 1.54) is 5.56 Å². The van der Waals surface area contributed by atoms with E-state index in [1.807, 2.05) is 13.8 Å². The monoisotopic (exact) mass is 318 g/mol. The highest BCUT2D eigenvalue weighted by molar-refractivity contribution is 5.30. The zero-order chi connectivity index (χ0) is 16.6. The van der Waals surface area contributed by atoms with Gasteiger partial charge >= 0.3 is 0 Å². The molecule has 1 fully saturated rings. The van der Waals surface area contributed by atoms with Crippen LogP contribution in [0.5, 0.6) is 0 Å². The number of hydrogen-bond acceptors (Lipinski definition) is 6. The number of aryl methyl sites for hydroxylation is 2. The summed E-state index contributed by atoms with van der Waals surface area (Å²) in [5.41, 5.74) is 3.23. The van der Waals surface area contributed by atoms with Crippen LogP contribution in [-0.4, -0.2) is 41.2 Å². The summed E-state index contributed by atoms with van der Waals surface area (Å²) in [6.07, 6.45) is 1.78. The summed E-state index contributed by atoms with van der Waals surface area (Å²) in [6.45, 7) is 15.1. The second-order valence-corrected chi connectivity index (χ2v) is 7.33. The van der Waals surface area contributed by atoms with Crippen LogP contribution in [0.1, 0.15) is 43.5 Å². The Morgan fingerprint density at radius 2 is 1.83 bits per heavy atom. The van der Waals surface area contributed by atoms with Crippen LogP contribution in [0.2, 0.25) is 0 Å². The minimum absolute atomic E-state index is 0.0207. The third kappa shape index (κ3) is 3.42. The quantitative estimate of drug-likeness (QED) is 0.867. The van der Waals surface area contributed by atoms with Crippen LogP contribution in [0.25, 0.3) is 0 Å². The van der Waals surface area contributed by atoms with E-state index in [0.717, 1.165) is 55.9 Å². The molecule has 0 amide bonds. The lowest BCUT2D eigenvalue weighted by molar-refractivity contribution is 0.243. The Kier molecular flexibility index (Phi) is 4.19. The number of oxazole rings is 1. The smallest absolute Gasteiger partial charge is 0.297 e. The van der Waals surface area contributed by atoms with Crippen molar-refractivity contribution in [3.63, 3.8) is 0 Å². The molecule has 0 aliphatic carbocycles. The second kappa shape index (κ2) is 6.00. The maximum absolute atomic E-state index is 5.68. The van der Waals surface area contributed by atoms with Gasteiger partial charge in [0.15, 0.2) is 0 Å². The Hall–Kier alpha value is -1.82. The maximum Gasteiger partial charge on any atom is 0.297 e. The summed E-state index contributed by atoms with van der Waals surface area (Å²) in [6, 6.07) is 0.743. The van der Waals surface area contributed by atoms with E-state index in [0.29, 0.717) is 0 Å². The lowest BCUT2D eigenvalue weighted by Gasteiger charge is -2.33. The average molecular weight is 318 g/mol. The maximum atomic E-state index is 5.68. The van der Waals surface area contributed by atoms with Crippen molar-refractivity contribution in [3.05, 3.63) is 29.0 Å². The molecule has 1 saturated heterocycles. The van der Waals surface area contributed by atoms with Gasteiger partial charge in [0.05, 0.1) is 11.4 Å². The van der Waals surface area contributed by atoms with E-state index in [2.05, 4.69) is 40.7 Å². The molecule has 0 aromatic carbocycles. The third-order valence-electron chi connectivity index (χ3n) is 4.47. The topological polar surface area (TPSA) is 58.5 Å². The summed E-state index contributed by atoms with van der Waals surface area (Å²) >= 11 is 0. The molecule has 0 bridgehead atoms. The minimum Gasteiger partial charge on any atom is -0.432 e. The van der Waals surface area contributed by atoms with Gasteiger partial charge in [-0.1, -0.05) is 25.9 Å². The molecule has 0 saturated carbocycles. The van der Waals surface area contributed by atoms with Gasteiger partial charge in [0.2, 0.25) is 0 Å². The van der Waals surface area contributed by atoms with Gasteiger partial charge in [0.1, 0.15) is 12.0 Å². The van der Waals surface area contributed by atoms with E-state index in [1.54, 1.807) is 6.26 Å². The lowest BCUT2D eigenvalue weighted by atomic mass is 9.93. The molecule has 0 atom stereocenters. The molecule has 0 radical (unpaired) electrons. The van der Waals surface area contributed by atoms with Gasteiger partial charge < -0.3 is 13.8 Å². The summed E-state index contributed by atoms with van der Waals surface area (Å²) in [7, 11) is 0. The molecule has 1 aliphatic rings. The van der Waals surface area contributed by atoms with E-state index in [4.69, 9.17) is 8.94 Å². The van der Waals surface area contributed by atoms with Crippen molar-refractivity contribution in [1.29, 1.82) is 0 Å². The fraction of sp³-hybridized carbons (Fsp3) is 0.647. The summed E-state index contributed by atoms with van der Waals surface area (Å²) in [5, 5.41) is 4.03. The molecule has 6 nitrogen and oxygen atoms in total. The normalized spacial score (nSPS) is 17.0. The largest absolute Gasteiger partial charge is 0.432 e. The SMILES string of the molecule is Cc1noc(C)c1CN1CCN(c2nc(C(C)(C)C)co2)CC1. The van der Waals surface area contributed by atoms with E-state index in [-0.39, 0.29) is 5.41 Å². The van der Waals surface area contributed by atoms with Crippen molar-refractivity contribution in [2.45, 2.75) is 46.6 Å². The molecule has 23 heavy (non-hydrogen) atoms. The summed E-state index contributed by atoms with van der Waals surface area (Å²) in [5.74, 6) is 0.924. The highest BCUT2D eigenvalue weighted by Crippen LogP contribution is 2.25. The molecule has 0 N–H and O–H groups in total. The highest BCUT2D eigenvalue weighted by atomic mass is 16.5. The molecular weight excluding hydrogens is 292 g/mol. The van der Waals surface area contributed by atoms with Crippen molar-refractivity contribution < 1.29 is 8.94 Å². The van der Waals surface area contributed by atoms with Crippen LogP contribution >= 0.6 is 0 Å². The van der Waals surface area contributed by atoms with Crippen molar-refractivity contribution >= 4 is 6.01 Å². The molecule has 0 spiro atoms. The van der Waals surface area contributed by atoms with Crippen molar-refractivity contribution in [1.82, 2.24) is 15.0 Å². The van der Waals surface area contributed by atoms with Gasteiger partial charge in [-0.05, 0) is 13.8 Å². The Labute approximate surface area is 137 Å². The summed E-state index contributed by atoms with van der Waals surface area (Å²) in [4.78, 5) is 9.30. The van der Waals surface area contributed by atoms with Gasteiger partial charge in [0, 0.05) is 43.7 Å². The van der Waals surface area contributed by atoms with Crippen LogP contribution in [-0.2, 0) is 12.0 Å². The fourth-order valence-electron chi connectivity index (χ4n) is 2.80. The van der Waals surface area contributed by atoms with Crippen LogP contribution < -0.4 is 4.90 Å². The zero-order valence-corrected chi connectivity index (χ0v) is 14.7. The number of rotatable bonds is 3. The third-order valence-corrected chi connectivity index (χ3v) is 4.47. The molecule has 6 heteroatoms. The zero-order valence-electron chi connectivity index (χ0n) is 14.7. The average Bonchev–Trinajstić information content (AvgIpc) is 3.10. The first-order valence-electron chi connectivity index (χ1n) is 8.19. The van der Waals surface area contributed by atoms with Crippen molar-refractivity contribution in [2.24, 2.45) is 0 Å². The van der Waals surface area contributed by atoms with Gasteiger partial charge in [0.25, 0.3) is 6.01 Å². The molecule has 1 aliphatic heterocycles. The number of anilines is 1. The van der Waals surface area contributed by atoms with Gasteiger partial charge in [-0.3, -0.25) is 4.90 Å². The minimum atomic E-state index is 0.0207. The molecule has 2 aromatic rings. The van der Waals surface area contributed by atoms with Crippen molar-refractivity contribution in [2.75, 3.05) is 31.1 Å². The number of aromatic nitrogens is 2. The Bertz CT molecular complexity index is 641. The van der Waals surface area contributed by atoms with Crippen LogP contribution in [0.15, 0.2) is 15.2 Å². The number of nitrogens with zero attached hydrogens (tertiary/aromatic N) is 4. The highest BCUT2D eigenvalue weighted by Gasteiger charge is 2.25. The molecule has 0 unspecified atom stereocenters. The summed E-state index contributed by atoms with van der Waals surface area (Å²) < 4.78 is 10.9. The fourth-order valence-corrected chi connectivity index (χ4v) is 2.80. The lowest BCUT2D eigenvalue weighted by Crippen LogP contribution is -2.46. The molecule has 3 rings (SSSR count). The van der Waals surface area contributed by atoms with Crippen LogP contribution in [0, 0.1) is 13.8 Å². The Balaban J connectivity index is 1.59. The van der Waals surface area contributed by atoms with E-state index >= 15 is 0 Å². The molecule has 2 aromatic heterocycles. The Morgan fingerprint density at radius 3 is 2.35 bits per heavy atom. The molecule has 126 valence electrons. The first kappa shape index (κ1) is 16.1. The molecular formula is C17H26N4O2. The Morgan fingerprint density at radius 1 is 1.13 bits per heavy atom. The first-order chi connectivity index (χ1) is 10.8. The number of hydrogen-bond donors (Lipinski definition) is 0. The van der Waals surface area contributed by atoms with E-state index in [9.17, 15) is 0 Å². The van der Waals surface area contributed by atoms with Gasteiger partial charge in [-0.25, -0.2) is 0 Å². The predicted octanol–water partition coefficient (Wildman–Crippen LogP) is 2.90. The second-order valence-electron chi connectivity index (χ2n) is 7.33. The van der Waals surface area contributed by atoms with Gasteiger partial charge in [-0.2, -0.15) is 4.98 Å². The first-order valence-corrected chi connectivity index (χ1v) is 8.19. The standard InChI is InChI=1S/C17H26N4O2/c1-12-14(13(2)23-19-12)10-20-6-8-21(9-7-20)16-18-15(11-22-16)17(3,4)5/h11H,6-10H2,1-5H3. The molecule has 3 heterocycles. The number of piperazine rings is 1. The van der Waals surface area contributed by atoms with Crippen LogP contribution in [0.3, 0.4) is 0 Å². The predicted molar refractivity (Wildman–Crippen MR) is 88.7 cm³/mol. The van der Waals surface area contributed by atoms with Crippen LogP contribution in [0.4, 0.5) is 6.01 Å². The van der Waals surface area contributed by atoms with Crippen molar-refractivity contribution in [3.8, 4) is 0 Å². The van der Waals surface area contributed by atoms with Gasteiger partial charge in [-0.15, -0.1) is 0 Å².